The third kappa shape index (κ3) is 3.19. The zero-order valence-corrected chi connectivity index (χ0v) is 18.3. The molecule has 29 heavy (non-hydrogen) atoms. The monoisotopic (exact) mass is 456 g/mol. The summed E-state index contributed by atoms with van der Waals surface area (Å²) in [5.41, 5.74) is 1.40. The normalized spacial score (nSPS) is 23.1. The zero-order chi connectivity index (χ0) is 20.4. The summed E-state index contributed by atoms with van der Waals surface area (Å²) < 4.78 is 12.3. The number of carbonyl (C=O) groups is 1. The van der Waals surface area contributed by atoms with Crippen molar-refractivity contribution in [2.75, 3.05) is 26.9 Å². The van der Waals surface area contributed by atoms with Crippen LogP contribution < -0.4 is 0 Å². The first kappa shape index (κ1) is 20.1. The van der Waals surface area contributed by atoms with E-state index in [1.807, 2.05) is 60.4 Å². The summed E-state index contributed by atoms with van der Waals surface area (Å²) in [5, 5.41) is 0. The van der Waals surface area contributed by atoms with Gasteiger partial charge in [0.2, 0.25) is 11.8 Å². The molecule has 1 saturated heterocycles. The van der Waals surface area contributed by atoms with E-state index in [0.29, 0.717) is 25.7 Å². The van der Waals surface area contributed by atoms with Crippen molar-refractivity contribution in [2.45, 2.75) is 31.2 Å². The molecule has 0 unspecified atom stereocenters. The zero-order valence-electron chi connectivity index (χ0n) is 16.7. The molecule has 1 amide bonds. The number of methoxy groups -OCH3 is 1. The molecule has 1 fully saturated rings. The number of para-hydroxylation sites is 1. The third-order valence-electron chi connectivity index (χ3n) is 5.73. The van der Waals surface area contributed by atoms with Gasteiger partial charge in [-0.1, -0.05) is 42.5 Å². The Morgan fingerprint density at radius 3 is 2.76 bits per heavy atom. The second-order valence-corrected chi connectivity index (χ2v) is 8.21. The first-order valence-electron chi connectivity index (χ1n) is 10.0. The highest BCUT2D eigenvalue weighted by molar-refractivity contribution is 9.10. The molecule has 4 rings (SSSR count). The lowest BCUT2D eigenvalue weighted by atomic mass is 9.73. The van der Waals surface area contributed by atoms with Crippen LogP contribution in [0.1, 0.15) is 30.9 Å². The molecule has 2 atom stereocenters. The van der Waals surface area contributed by atoms with Crippen LogP contribution in [0.15, 0.2) is 58.0 Å². The molecule has 0 bridgehead atoms. The van der Waals surface area contributed by atoms with Gasteiger partial charge >= 0.3 is 0 Å². The van der Waals surface area contributed by atoms with Gasteiger partial charge in [0.1, 0.15) is 0 Å². The number of likely N-dealkylation sites (tertiary alicyclic amines) is 1. The van der Waals surface area contributed by atoms with Crippen molar-refractivity contribution >= 4 is 33.4 Å². The largest absolute Gasteiger partial charge is 0.480 e. The first-order chi connectivity index (χ1) is 14.1. The Labute approximate surface area is 179 Å². The summed E-state index contributed by atoms with van der Waals surface area (Å²) in [4.78, 5) is 21.1. The summed E-state index contributed by atoms with van der Waals surface area (Å²) in [6.07, 6.45) is 1.91. The maximum atomic E-state index is 14.3. The number of halogens is 1. The Bertz CT molecular complexity index is 931. The fourth-order valence-corrected chi connectivity index (χ4v) is 4.95. The van der Waals surface area contributed by atoms with Crippen LogP contribution in [0.25, 0.3) is 0 Å². The summed E-state index contributed by atoms with van der Waals surface area (Å²) in [7, 11) is 1.68. The molecule has 0 spiro atoms. The smallest absolute Gasteiger partial charge is 0.247 e. The highest BCUT2D eigenvalue weighted by Gasteiger charge is 2.56. The van der Waals surface area contributed by atoms with Crippen molar-refractivity contribution in [1.29, 1.82) is 0 Å². The molecule has 2 aromatic rings. The molecule has 2 aromatic carbocycles. The maximum Gasteiger partial charge on any atom is 0.247 e. The van der Waals surface area contributed by atoms with Crippen LogP contribution in [0, 0.1) is 0 Å². The second kappa shape index (κ2) is 8.28. The summed E-state index contributed by atoms with van der Waals surface area (Å²) in [6.45, 7) is 3.60. The van der Waals surface area contributed by atoms with Crippen molar-refractivity contribution in [1.82, 2.24) is 4.90 Å². The van der Waals surface area contributed by atoms with Crippen LogP contribution in [-0.2, 0) is 19.7 Å². The molecule has 0 radical (unpaired) electrons. The van der Waals surface area contributed by atoms with Gasteiger partial charge in [0.15, 0.2) is 5.41 Å². The van der Waals surface area contributed by atoms with Crippen molar-refractivity contribution in [3.63, 3.8) is 0 Å². The quantitative estimate of drug-likeness (QED) is 0.667. The van der Waals surface area contributed by atoms with Crippen LogP contribution >= 0.6 is 15.9 Å². The van der Waals surface area contributed by atoms with Crippen LogP contribution in [0.4, 0.5) is 5.69 Å². The number of rotatable bonds is 5. The van der Waals surface area contributed by atoms with E-state index in [9.17, 15) is 4.79 Å². The highest BCUT2D eigenvalue weighted by Crippen LogP contribution is 2.49. The van der Waals surface area contributed by atoms with Crippen molar-refractivity contribution < 1.29 is 14.3 Å². The Kier molecular flexibility index (Phi) is 5.74. The van der Waals surface area contributed by atoms with Gasteiger partial charge in [-0.2, -0.15) is 0 Å². The predicted molar refractivity (Wildman–Crippen MR) is 117 cm³/mol. The average molecular weight is 457 g/mol. The van der Waals surface area contributed by atoms with E-state index in [0.717, 1.165) is 34.1 Å². The highest BCUT2D eigenvalue weighted by atomic mass is 79.9. The number of ether oxygens (including phenoxy) is 2. The van der Waals surface area contributed by atoms with Crippen molar-refractivity contribution in [2.24, 2.45) is 4.99 Å². The van der Waals surface area contributed by atoms with Crippen LogP contribution in [0.5, 0.6) is 0 Å². The minimum Gasteiger partial charge on any atom is -0.480 e. The standard InChI is InChI=1S/C23H25BrN2O3/c1-3-29-21-23(16-9-5-4-6-10-16,18-12-7-13-19(24)20(18)25-21)22(27)26-14-8-11-17(26)15-28-2/h4-7,9-10,12-13,17H,3,8,11,14-15H2,1-2H3/t17-,23-/m0/s1. The van der Waals surface area contributed by atoms with Gasteiger partial charge in [-0.15, -0.1) is 0 Å². The fraction of sp³-hybridized carbons (Fsp3) is 0.391. The first-order valence-corrected chi connectivity index (χ1v) is 10.8. The van der Waals surface area contributed by atoms with Gasteiger partial charge in [-0.3, -0.25) is 4.79 Å². The Balaban J connectivity index is 1.94. The van der Waals surface area contributed by atoms with Gasteiger partial charge in [0.25, 0.3) is 0 Å². The lowest BCUT2D eigenvalue weighted by molar-refractivity contribution is -0.135. The van der Waals surface area contributed by atoms with E-state index >= 15 is 0 Å². The number of amides is 1. The molecular formula is C23H25BrN2O3. The molecule has 0 aromatic heterocycles. The van der Waals surface area contributed by atoms with E-state index in [1.54, 1.807) is 7.11 Å². The molecule has 152 valence electrons. The fourth-order valence-electron chi connectivity index (χ4n) is 4.49. The van der Waals surface area contributed by atoms with E-state index in [-0.39, 0.29) is 11.9 Å². The number of benzene rings is 2. The minimum absolute atomic E-state index is 0.00676. The predicted octanol–water partition coefficient (Wildman–Crippen LogP) is 4.45. The van der Waals surface area contributed by atoms with Crippen LogP contribution in [0.2, 0.25) is 0 Å². The van der Waals surface area contributed by atoms with Crippen LogP contribution in [0.3, 0.4) is 0 Å². The van der Waals surface area contributed by atoms with E-state index in [1.165, 1.54) is 0 Å². The summed E-state index contributed by atoms with van der Waals surface area (Å²) in [6, 6.07) is 15.8. The number of fused-ring (bicyclic) bond motifs is 1. The van der Waals surface area contributed by atoms with Crippen LogP contribution in [-0.4, -0.2) is 49.6 Å². The molecule has 0 N–H and O–H groups in total. The Hall–Kier alpha value is -2.18. The SMILES string of the molecule is CCOC1=Nc2c(Br)cccc2[C@@]1(C(=O)N1CCC[C@H]1COC)c1ccccc1. The molecular weight excluding hydrogens is 432 g/mol. The summed E-state index contributed by atoms with van der Waals surface area (Å²) >= 11 is 3.61. The number of aliphatic imine (C=N–C) groups is 1. The molecule has 5 nitrogen and oxygen atoms in total. The van der Waals surface area contributed by atoms with Crippen molar-refractivity contribution in [3.05, 3.63) is 64.1 Å². The van der Waals surface area contributed by atoms with Gasteiger partial charge in [-0.05, 0) is 47.3 Å². The number of hydrogen-bond acceptors (Lipinski definition) is 4. The molecule has 0 saturated carbocycles. The minimum atomic E-state index is -1.09. The molecule has 0 aliphatic carbocycles. The maximum absolute atomic E-state index is 14.3. The number of nitrogens with zero attached hydrogens (tertiary/aromatic N) is 2. The van der Waals surface area contributed by atoms with Gasteiger partial charge in [0.05, 0.1) is 24.9 Å². The lowest BCUT2D eigenvalue weighted by Crippen LogP contribution is -2.54. The molecule has 2 aliphatic heterocycles. The molecule has 2 aliphatic rings. The lowest BCUT2D eigenvalue weighted by Gasteiger charge is -2.36. The van der Waals surface area contributed by atoms with E-state index in [4.69, 9.17) is 14.5 Å². The second-order valence-electron chi connectivity index (χ2n) is 7.35. The summed E-state index contributed by atoms with van der Waals surface area (Å²) in [5.74, 6) is 0.452. The Morgan fingerprint density at radius 1 is 1.24 bits per heavy atom. The van der Waals surface area contributed by atoms with E-state index < -0.39 is 5.41 Å². The molecule has 2 heterocycles. The van der Waals surface area contributed by atoms with Crippen molar-refractivity contribution in [3.8, 4) is 0 Å². The van der Waals surface area contributed by atoms with Gasteiger partial charge in [0, 0.05) is 23.7 Å². The molecule has 6 heteroatoms. The number of carbonyl (C=O) groups excluding carboxylic acids is 1. The average Bonchev–Trinajstić information content (AvgIpc) is 3.33. The van der Waals surface area contributed by atoms with Gasteiger partial charge < -0.3 is 14.4 Å². The van der Waals surface area contributed by atoms with Gasteiger partial charge in [-0.25, -0.2) is 4.99 Å². The Morgan fingerprint density at radius 2 is 2.03 bits per heavy atom. The topological polar surface area (TPSA) is 51.1 Å². The third-order valence-corrected chi connectivity index (χ3v) is 6.37. The van der Waals surface area contributed by atoms with E-state index in [2.05, 4.69) is 15.9 Å². The number of hydrogen-bond donors (Lipinski definition) is 0.